The molecule has 2 heterocycles. The van der Waals surface area contributed by atoms with Gasteiger partial charge in [-0.25, -0.2) is 0 Å². The van der Waals surface area contributed by atoms with Crippen molar-refractivity contribution in [1.29, 1.82) is 0 Å². The van der Waals surface area contributed by atoms with Crippen molar-refractivity contribution in [2.24, 2.45) is 0 Å². The van der Waals surface area contributed by atoms with Gasteiger partial charge in [0.15, 0.2) is 5.82 Å². The lowest BCUT2D eigenvalue weighted by Crippen LogP contribution is -2.30. The van der Waals surface area contributed by atoms with Crippen molar-refractivity contribution < 1.29 is 14.2 Å². The monoisotopic (exact) mass is 316 g/mol. The second-order valence-corrected chi connectivity index (χ2v) is 5.59. The summed E-state index contributed by atoms with van der Waals surface area (Å²) in [5.41, 5.74) is 0.766. The molecular formula is C15H16N4O4. The van der Waals surface area contributed by atoms with Crippen LogP contribution in [-0.2, 0) is 0 Å². The predicted octanol–water partition coefficient (Wildman–Crippen LogP) is 2.57. The summed E-state index contributed by atoms with van der Waals surface area (Å²) in [6.45, 7) is 3.93. The molecule has 8 nitrogen and oxygen atoms in total. The van der Waals surface area contributed by atoms with E-state index in [0.29, 0.717) is 29.4 Å². The van der Waals surface area contributed by atoms with Crippen LogP contribution in [0.25, 0.3) is 0 Å². The Kier molecular flexibility index (Phi) is 3.81. The minimum Gasteiger partial charge on any atom is -0.337 e. The van der Waals surface area contributed by atoms with Crippen molar-refractivity contribution in [3.05, 3.63) is 51.2 Å². The van der Waals surface area contributed by atoms with Gasteiger partial charge in [0.2, 0.25) is 5.89 Å². The van der Waals surface area contributed by atoms with E-state index >= 15 is 0 Å². The number of amides is 1. The summed E-state index contributed by atoms with van der Waals surface area (Å²) in [6, 6.07) is 4.25. The summed E-state index contributed by atoms with van der Waals surface area (Å²) < 4.78 is 5.18. The summed E-state index contributed by atoms with van der Waals surface area (Å²) in [6.07, 6.45) is 1.56. The topological polar surface area (TPSA) is 102 Å². The van der Waals surface area contributed by atoms with Crippen molar-refractivity contribution in [1.82, 2.24) is 15.0 Å². The first kappa shape index (κ1) is 15.1. The van der Waals surface area contributed by atoms with Crippen LogP contribution in [0.2, 0.25) is 0 Å². The molecule has 23 heavy (non-hydrogen) atoms. The minimum atomic E-state index is -0.477. The van der Waals surface area contributed by atoms with Crippen LogP contribution < -0.4 is 0 Å². The van der Waals surface area contributed by atoms with Crippen LogP contribution in [0.5, 0.6) is 0 Å². The van der Waals surface area contributed by atoms with Gasteiger partial charge in [0, 0.05) is 23.7 Å². The zero-order valence-corrected chi connectivity index (χ0v) is 12.9. The Morgan fingerprint density at radius 1 is 1.43 bits per heavy atom. The number of hydrogen-bond acceptors (Lipinski definition) is 6. The molecule has 0 bridgehead atoms. The van der Waals surface area contributed by atoms with Crippen LogP contribution in [0.15, 0.2) is 22.7 Å². The number of aryl methyl sites for hydroxylation is 2. The third-order valence-electron chi connectivity index (χ3n) is 3.99. The van der Waals surface area contributed by atoms with Crippen LogP contribution in [0, 0.1) is 24.0 Å². The molecule has 120 valence electrons. The molecule has 1 aliphatic heterocycles. The highest BCUT2D eigenvalue weighted by molar-refractivity contribution is 5.95. The molecule has 2 aromatic rings. The summed E-state index contributed by atoms with van der Waals surface area (Å²) in [4.78, 5) is 29.2. The lowest BCUT2D eigenvalue weighted by atomic mass is 10.1. The lowest BCUT2D eigenvalue weighted by molar-refractivity contribution is -0.385. The van der Waals surface area contributed by atoms with Gasteiger partial charge < -0.3 is 9.42 Å². The van der Waals surface area contributed by atoms with Crippen LogP contribution in [0.4, 0.5) is 5.69 Å². The minimum absolute atomic E-state index is 0.0553. The van der Waals surface area contributed by atoms with Crippen molar-refractivity contribution in [3.63, 3.8) is 0 Å². The number of carbonyl (C=O) groups is 1. The summed E-state index contributed by atoms with van der Waals surface area (Å²) in [7, 11) is 0. The van der Waals surface area contributed by atoms with Gasteiger partial charge in [-0.2, -0.15) is 4.98 Å². The van der Waals surface area contributed by atoms with Gasteiger partial charge in [0.1, 0.15) is 6.04 Å². The van der Waals surface area contributed by atoms with Crippen LogP contribution in [-0.4, -0.2) is 32.4 Å². The van der Waals surface area contributed by atoms with Gasteiger partial charge in [0.05, 0.1) is 4.92 Å². The van der Waals surface area contributed by atoms with Crippen molar-refractivity contribution in [2.75, 3.05) is 6.54 Å². The Labute approximate surface area is 132 Å². The van der Waals surface area contributed by atoms with Gasteiger partial charge in [-0.15, -0.1) is 0 Å². The van der Waals surface area contributed by atoms with E-state index < -0.39 is 4.92 Å². The van der Waals surface area contributed by atoms with E-state index in [-0.39, 0.29) is 17.6 Å². The Balaban J connectivity index is 1.90. The largest absolute Gasteiger partial charge is 0.337 e. The normalized spacial score (nSPS) is 17.5. The highest BCUT2D eigenvalue weighted by Crippen LogP contribution is 2.32. The van der Waals surface area contributed by atoms with Crippen molar-refractivity contribution >= 4 is 11.6 Å². The Bertz CT molecular complexity index is 771. The molecule has 0 N–H and O–H groups in total. The lowest BCUT2D eigenvalue weighted by Gasteiger charge is -2.21. The zero-order valence-electron chi connectivity index (χ0n) is 12.9. The van der Waals surface area contributed by atoms with E-state index in [9.17, 15) is 14.9 Å². The van der Waals surface area contributed by atoms with Gasteiger partial charge in [-0.1, -0.05) is 11.2 Å². The molecule has 1 aromatic heterocycles. The van der Waals surface area contributed by atoms with E-state index in [2.05, 4.69) is 10.1 Å². The highest BCUT2D eigenvalue weighted by Gasteiger charge is 2.34. The fraction of sp³-hybridized carbons (Fsp3) is 0.400. The molecule has 0 spiro atoms. The maximum atomic E-state index is 12.7. The van der Waals surface area contributed by atoms with Crippen LogP contribution in [0.1, 0.15) is 46.5 Å². The number of aromatic nitrogens is 2. The smallest absolute Gasteiger partial charge is 0.273 e. The number of nitrogens with zero attached hydrogens (tertiary/aromatic N) is 4. The first-order valence-corrected chi connectivity index (χ1v) is 7.33. The average Bonchev–Trinajstić information content (AvgIpc) is 3.15. The van der Waals surface area contributed by atoms with E-state index in [4.69, 9.17) is 4.52 Å². The fourth-order valence-corrected chi connectivity index (χ4v) is 2.82. The maximum absolute atomic E-state index is 12.7. The molecule has 8 heteroatoms. The van der Waals surface area contributed by atoms with Gasteiger partial charge in [-0.05, 0) is 32.8 Å². The van der Waals surface area contributed by atoms with Gasteiger partial charge in [-0.3, -0.25) is 14.9 Å². The molecular weight excluding hydrogens is 300 g/mol. The SMILES string of the molecule is Cc1noc(C2CCCN2C(=O)c2ccc(C)c([N+](=O)[O-])c2)n1. The van der Waals surface area contributed by atoms with Crippen LogP contribution >= 0.6 is 0 Å². The molecule has 1 amide bonds. The molecule has 0 saturated carbocycles. The zero-order chi connectivity index (χ0) is 16.6. The quantitative estimate of drug-likeness (QED) is 0.637. The van der Waals surface area contributed by atoms with E-state index in [1.807, 2.05) is 0 Å². The first-order valence-electron chi connectivity index (χ1n) is 7.33. The Morgan fingerprint density at radius 2 is 2.22 bits per heavy atom. The fourth-order valence-electron chi connectivity index (χ4n) is 2.82. The first-order chi connectivity index (χ1) is 11.0. The molecule has 1 fully saturated rings. The van der Waals surface area contributed by atoms with E-state index in [1.165, 1.54) is 6.07 Å². The number of likely N-dealkylation sites (tertiary alicyclic amines) is 1. The molecule has 1 atom stereocenters. The summed E-state index contributed by atoms with van der Waals surface area (Å²) >= 11 is 0. The van der Waals surface area contributed by atoms with Crippen molar-refractivity contribution in [3.8, 4) is 0 Å². The third-order valence-corrected chi connectivity index (χ3v) is 3.99. The molecule has 1 unspecified atom stereocenters. The number of nitro benzene ring substituents is 1. The predicted molar refractivity (Wildman–Crippen MR) is 79.9 cm³/mol. The Hall–Kier alpha value is -2.77. The number of benzene rings is 1. The van der Waals surface area contributed by atoms with E-state index in [0.717, 1.165) is 12.8 Å². The summed E-state index contributed by atoms with van der Waals surface area (Å²) in [5.74, 6) is 0.673. The number of rotatable bonds is 3. The molecule has 1 aromatic carbocycles. The second kappa shape index (κ2) is 5.79. The Morgan fingerprint density at radius 3 is 2.87 bits per heavy atom. The van der Waals surface area contributed by atoms with Gasteiger partial charge in [0.25, 0.3) is 11.6 Å². The van der Waals surface area contributed by atoms with E-state index in [1.54, 1.807) is 30.9 Å². The average molecular weight is 316 g/mol. The number of hydrogen-bond donors (Lipinski definition) is 0. The third kappa shape index (κ3) is 2.79. The van der Waals surface area contributed by atoms with Crippen LogP contribution in [0.3, 0.4) is 0 Å². The summed E-state index contributed by atoms with van der Waals surface area (Å²) in [5, 5.41) is 14.8. The molecule has 0 aliphatic carbocycles. The maximum Gasteiger partial charge on any atom is 0.273 e. The molecule has 3 rings (SSSR count). The second-order valence-electron chi connectivity index (χ2n) is 5.59. The highest BCUT2D eigenvalue weighted by atomic mass is 16.6. The number of carbonyl (C=O) groups excluding carboxylic acids is 1. The number of nitro groups is 1. The molecule has 1 saturated heterocycles. The molecule has 0 radical (unpaired) electrons. The van der Waals surface area contributed by atoms with Gasteiger partial charge >= 0.3 is 0 Å². The molecule has 1 aliphatic rings. The van der Waals surface area contributed by atoms with Crippen molar-refractivity contribution in [2.45, 2.75) is 32.7 Å². The standard InChI is InChI=1S/C15H16N4O4/c1-9-5-6-11(8-13(9)19(21)22)15(20)18-7-3-4-12(18)14-16-10(2)17-23-14/h5-6,8,12H,3-4,7H2,1-2H3.